The van der Waals surface area contributed by atoms with E-state index in [1.54, 1.807) is 0 Å². The first kappa shape index (κ1) is 14.1. The zero-order chi connectivity index (χ0) is 16.8. The van der Waals surface area contributed by atoms with Gasteiger partial charge < -0.3 is 9.47 Å². The van der Waals surface area contributed by atoms with E-state index in [1.165, 1.54) is 16.2 Å². The Morgan fingerprint density at radius 3 is 2.16 bits per heavy atom. The van der Waals surface area contributed by atoms with E-state index in [0.717, 1.165) is 33.6 Å². The standard InChI is InChI=1S/C23H16O2/c1-2-15-7-10-19-17(13-15)9-12-21-23(19)22-18-6-4-3-5-16(18)8-11-20(22)24-14-25-21/h2-13H,1,14H2. The molecule has 5 rings (SSSR count). The van der Waals surface area contributed by atoms with Crippen LogP contribution in [0.5, 0.6) is 11.5 Å². The number of fused-ring (bicyclic) bond motifs is 7. The summed E-state index contributed by atoms with van der Waals surface area (Å²) in [6.45, 7) is 4.09. The second kappa shape index (κ2) is 5.38. The highest BCUT2D eigenvalue weighted by molar-refractivity contribution is 6.10. The molecule has 0 aliphatic carbocycles. The summed E-state index contributed by atoms with van der Waals surface area (Å²) in [6.07, 6.45) is 1.87. The molecule has 2 nitrogen and oxygen atoms in total. The molecule has 4 aromatic carbocycles. The maximum atomic E-state index is 5.90. The predicted octanol–water partition coefficient (Wildman–Crippen LogP) is 6.03. The average Bonchev–Trinajstić information content (AvgIpc) is 2.87. The van der Waals surface area contributed by atoms with E-state index >= 15 is 0 Å². The molecule has 1 aliphatic rings. The van der Waals surface area contributed by atoms with Crippen molar-refractivity contribution in [1.29, 1.82) is 0 Å². The van der Waals surface area contributed by atoms with Crippen LogP contribution < -0.4 is 9.47 Å². The van der Waals surface area contributed by atoms with Crippen molar-refractivity contribution in [1.82, 2.24) is 0 Å². The van der Waals surface area contributed by atoms with E-state index in [9.17, 15) is 0 Å². The van der Waals surface area contributed by atoms with Crippen molar-refractivity contribution < 1.29 is 9.47 Å². The van der Waals surface area contributed by atoms with Gasteiger partial charge in [-0.1, -0.05) is 61.2 Å². The number of ether oxygens (including phenoxy) is 2. The van der Waals surface area contributed by atoms with E-state index in [2.05, 4.69) is 61.2 Å². The van der Waals surface area contributed by atoms with Gasteiger partial charge in [-0.05, 0) is 45.3 Å². The van der Waals surface area contributed by atoms with E-state index in [-0.39, 0.29) is 6.79 Å². The Morgan fingerprint density at radius 2 is 1.40 bits per heavy atom. The molecule has 1 aliphatic heterocycles. The van der Waals surface area contributed by atoms with Crippen molar-refractivity contribution in [3.8, 4) is 22.6 Å². The fourth-order valence-corrected chi connectivity index (χ4v) is 3.62. The van der Waals surface area contributed by atoms with Crippen molar-refractivity contribution in [2.24, 2.45) is 0 Å². The maximum absolute atomic E-state index is 5.90. The first-order chi connectivity index (χ1) is 12.3. The normalized spacial score (nSPS) is 12.6. The second-order valence-electron chi connectivity index (χ2n) is 6.19. The highest BCUT2D eigenvalue weighted by Gasteiger charge is 2.21. The van der Waals surface area contributed by atoms with Crippen LogP contribution in [0.1, 0.15) is 5.56 Å². The van der Waals surface area contributed by atoms with Crippen molar-refractivity contribution in [2.75, 3.05) is 6.79 Å². The Hall–Kier alpha value is -3.26. The fourth-order valence-electron chi connectivity index (χ4n) is 3.62. The van der Waals surface area contributed by atoms with Crippen molar-refractivity contribution in [3.05, 3.63) is 78.9 Å². The lowest BCUT2D eigenvalue weighted by Gasteiger charge is -2.14. The van der Waals surface area contributed by atoms with E-state index in [4.69, 9.17) is 9.47 Å². The van der Waals surface area contributed by atoms with Crippen molar-refractivity contribution >= 4 is 27.6 Å². The summed E-state index contributed by atoms with van der Waals surface area (Å²) in [6, 6.07) is 23.0. The van der Waals surface area contributed by atoms with Gasteiger partial charge in [0.25, 0.3) is 0 Å². The minimum atomic E-state index is 0.217. The van der Waals surface area contributed by atoms with Gasteiger partial charge in [0.1, 0.15) is 11.5 Å². The minimum absolute atomic E-state index is 0.217. The molecule has 4 aromatic rings. The molecule has 0 bridgehead atoms. The summed E-state index contributed by atoms with van der Waals surface area (Å²) in [5.74, 6) is 1.71. The van der Waals surface area contributed by atoms with Gasteiger partial charge in [-0.25, -0.2) is 0 Å². The number of rotatable bonds is 1. The SMILES string of the molecule is C=Cc1ccc2c3c(ccc2c1)OCOc1ccc2ccccc2c1-3. The lowest BCUT2D eigenvalue weighted by atomic mass is 9.92. The van der Waals surface area contributed by atoms with E-state index in [1.807, 2.05) is 18.2 Å². The van der Waals surface area contributed by atoms with Gasteiger partial charge in [-0.15, -0.1) is 0 Å². The third-order valence-corrected chi connectivity index (χ3v) is 4.81. The molecule has 1 heterocycles. The van der Waals surface area contributed by atoms with Gasteiger partial charge in [-0.3, -0.25) is 0 Å². The lowest BCUT2D eigenvalue weighted by Crippen LogP contribution is -2.03. The first-order valence-electron chi connectivity index (χ1n) is 8.32. The van der Waals surface area contributed by atoms with E-state index in [0.29, 0.717) is 0 Å². The molecule has 0 aromatic heterocycles. The van der Waals surface area contributed by atoms with Gasteiger partial charge in [0.05, 0.1) is 0 Å². The van der Waals surface area contributed by atoms with Crippen LogP contribution in [0.3, 0.4) is 0 Å². The van der Waals surface area contributed by atoms with Crippen LogP contribution in [-0.2, 0) is 0 Å². The Kier molecular flexibility index (Phi) is 3.04. The van der Waals surface area contributed by atoms with Gasteiger partial charge >= 0.3 is 0 Å². The molecule has 0 atom stereocenters. The number of hydrogen-bond acceptors (Lipinski definition) is 2. The van der Waals surface area contributed by atoms with Gasteiger partial charge in [0.2, 0.25) is 6.79 Å². The Morgan fingerprint density at radius 1 is 0.720 bits per heavy atom. The summed E-state index contributed by atoms with van der Waals surface area (Å²) in [5.41, 5.74) is 3.30. The fraction of sp³-hybridized carbons (Fsp3) is 0.0435. The maximum Gasteiger partial charge on any atom is 0.230 e. The topological polar surface area (TPSA) is 18.5 Å². The monoisotopic (exact) mass is 324 g/mol. The highest BCUT2D eigenvalue weighted by atomic mass is 16.7. The quantitative estimate of drug-likeness (QED) is 0.425. The third-order valence-electron chi connectivity index (χ3n) is 4.81. The van der Waals surface area contributed by atoms with Crippen molar-refractivity contribution in [3.63, 3.8) is 0 Å². The van der Waals surface area contributed by atoms with Crippen LogP contribution >= 0.6 is 0 Å². The summed E-state index contributed by atoms with van der Waals surface area (Å²) in [4.78, 5) is 0. The predicted molar refractivity (Wildman–Crippen MR) is 103 cm³/mol. The van der Waals surface area contributed by atoms with Crippen LogP contribution in [0, 0.1) is 0 Å². The molecule has 0 N–H and O–H groups in total. The third kappa shape index (κ3) is 2.11. The zero-order valence-corrected chi connectivity index (χ0v) is 13.7. The molecule has 120 valence electrons. The average molecular weight is 324 g/mol. The van der Waals surface area contributed by atoms with Gasteiger partial charge in [-0.2, -0.15) is 0 Å². The van der Waals surface area contributed by atoms with Crippen LogP contribution in [0.2, 0.25) is 0 Å². The molecule has 0 saturated carbocycles. The lowest BCUT2D eigenvalue weighted by molar-refractivity contribution is 0.125. The molecule has 0 amide bonds. The molecule has 0 unspecified atom stereocenters. The molecule has 0 fully saturated rings. The Balaban J connectivity index is 1.96. The van der Waals surface area contributed by atoms with E-state index < -0.39 is 0 Å². The first-order valence-corrected chi connectivity index (χ1v) is 8.32. The van der Waals surface area contributed by atoms with Crippen LogP contribution in [0.4, 0.5) is 0 Å². The molecule has 25 heavy (non-hydrogen) atoms. The van der Waals surface area contributed by atoms with Crippen molar-refractivity contribution in [2.45, 2.75) is 0 Å². The molecule has 0 radical (unpaired) electrons. The zero-order valence-electron chi connectivity index (χ0n) is 13.7. The number of benzene rings is 4. The molecule has 0 saturated heterocycles. The second-order valence-corrected chi connectivity index (χ2v) is 6.19. The van der Waals surface area contributed by atoms with Gasteiger partial charge in [0.15, 0.2) is 0 Å². The Labute approximate surface area is 145 Å². The Bertz CT molecular complexity index is 1140. The summed E-state index contributed by atoms with van der Waals surface area (Å²) in [5, 5.41) is 4.69. The molecular formula is C23H16O2. The highest BCUT2D eigenvalue weighted by Crippen LogP contribution is 2.46. The van der Waals surface area contributed by atoms with Crippen LogP contribution in [-0.4, -0.2) is 6.79 Å². The molecule has 2 heteroatoms. The van der Waals surface area contributed by atoms with Crippen LogP contribution in [0.15, 0.2) is 73.3 Å². The summed E-state index contributed by atoms with van der Waals surface area (Å²) in [7, 11) is 0. The smallest absolute Gasteiger partial charge is 0.230 e. The molecule has 0 spiro atoms. The summed E-state index contributed by atoms with van der Waals surface area (Å²) >= 11 is 0. The molecular weight excluding hydrogens is 308 g/mol. The minimum Gasteiger partial charge on any atom is -0.457 e. The summed E-state index contributed by atoms with van der Waals surface area (Å²) < 4.78 is 11.8. The van der Waals surface area contributed by atoms with Gasteiger partial charge in [0, 0.05) is 11.1 Å². The van der Waals surface area contributed by atoms with Crippen LogP contribution in [0.25, 0.3) is 38.7 Å². The largest absolute Gasteiger partial charge is 0.457 e. The number of hydrogen-bond donors (Lipinski definition) is 0.